The first-order valence-electron chi connectivity index (χ1n) is 7.11. The van der Waals surface area contributed by atoms with Crippen molar-refractivity contribution in [3.63, 3.8) is 0 Å². The number of nitrogens with one attached hydrogen (secondary N) is 2. The molecule has 0 aliphatic carbocycles. The van der Waals surface area contributed by atoms with Crippen molar-refractivity contribution in [3.8, 4) is 0 Å². The van der Waals surface area contributed by atoms with Crippen LogP contribution in [0.1, 0.15) is 18.6 Å². The first-order chi connectivity index (χ1) is 10.3. The summed E-state index contributed by atoms with van der Waals surface area (Å²) in [4.78, 5) is 15.0. The second-order valence-corrected chi connectivity index (χ2v) is 4.89. The number of imidazole rings is 2. The Kier molecular flexibility index (Phi) is 3.69. The zero-order valence-electron chi connectivity index (χ0n) is 12.2. The molecule has 2 aromatic heterocycles. The summed E-state index contributed by atoms with van der Waals surface area (Å²) in [6.45, 7) is 4.05. The van der Waals surface area contributed by atoms with Gasteiger partial charge in [-0.05, 0) is 31.2 Å². The van der Waals surface area contributed by atoms with Crippen molar-refractivity contribution in [2.24, 2.45) is 0 Å². The van der Waals surface area contributed by atoms with Gasteiger partial charge in [-0.2, -0.15) is 0 Å². The fourth-order valence-electron chi connectivity index (χ4n) is 2.25. The van der Waals surface area contributed by atoms with Gasteiger partial charge in [-0.25, -0.2) is 9.97 Å². The van der Waals surface area contributed by atoms with E-state index in [1.54, 1.807) is 0 Å². The average molecular weight is 278 g/mol. The molecular formula is C17H18N4. The highest BCUT2D eigenvalue weighted by atomic mass is 14.9. The van der Waals surface area contributed by atoms with Crippen LogP contribution in [0.3, 0.4) is 0 Å². The van der Waals surface area contributed by atoms with Crippen molar-refractivity contribution in [3.05, 3.63) is 60.2 Å². The smallest absolute Gasteiger partial charge is 0.106 e. The predicted octanol–water partition coefficient (Wildman–Crippen LogP) is 4.00. The van der Waals surface area contributed by atoms with Gasteiger partial charge in [0.25, 0.3) is 0 Å². The Morgan fingerprint density at radius 1 is 0.810 bits per heavy atom. The third kappa shape index (κ3) is 2.94. The van der Waals surface area contributed by atoms with Crippen LogP contribution < -0.4 is 0 Å². The van der Waals surface area contributed by atoms with Crippen LogP contribution in [-0.4, -0.2) is 19.9 Å². The highest BCUT2D eigenvalue weighted by Crippen LogP contribution is 2.10. The van der Waals surface area contributed by atoms with E-state index < -0.39 is 0 Å². The van der Waals surface area contributed by atoms with Crippen molar-refractivity contribution >= 4 is 22.1 Å². The summed E-state index contributed by atoms with van der Waals surface area (Å²) in [5.41, 5.74) is 4.34. The summed E-state index contributed by atoms with van der Waals surface area (Å²) in [6.07, 6.45) is 0.967. The topological polar surface area (TPSA) is 57.4 Å². The molecule has 0 fully saturated rings. The second-order valence-electron chi connectivity index (χ2n) is 4.89. The number of rotatable bonds is 1. The molecule has 0 saturated carbocycles. The maximum atomic E-state index is 4.38. The lowest BCUT2D eigenvalue weighted by atomic mass is 10.3. The van der Waals surface area contributed by atoms with Crippen molar-refractivity contribution in [2.75, 3.05) is 0 Å². The second kappa shape index (κ2) is 5.79. The van der Waals surface area contributed by atoms with Crippen molar-refractivity contribution < 1.29 is 0 Å². The first kappa shape index (κ1) is 13.4. The van der Waals surface area contributed by atoms with Crippen LogP contribution in [0.4, 0.5) is 0 Å². The Morgan fingerprint density at radius 2 is 1.38 bits per heavy atom. The number of para-hydroxylation sites is 4. The van der Waals surface area contributed by atoms with Gasteiger partial charge < -0.3 is 9.97 Å². The van der Waals surface area contributed by atoms with E-state index in [1.807, 2.05) is 55.5 Å². The number of aryl methyl sites for hydroxylation is 2. The summed E-state index contributed by atoms with van der Waals surface area (Å²) >= 11 is 0. The third-order valence-corrected chi connectivity index (χ3v) is 3.28. The van der Waals surface area contributed by atoms with Crippen molar-refractivity contribution in [1.29, 1.82) is 0 Å². The molecule has 0 aliphatic rings. The van der Waals surface area contributed by atoms with Crippen LogP contribution in [-0.2, 0) is 6.42 Å². The van der Waals surface area contributed by atoms with Gasteiger partial charge in [0.05, 0.1) is 22.1 Å². The standard InChI is InChI=1S/C9H10N2.C8H8N2/c1-2-9-10-7-5-3-4-6-8(7)11-9;1-6-9-7-4-2-3-5-8(7)10-6/h3-6H,2H2,1H3,(H,10,11);2-5H,1H3,(H,9,10). The molecule has 0 spiro atoms. The van der Waals surface area contributed by atoms with E-state index in [4.69, 9.17) is 0 Å². The van der Waals surface area contributed by atoms with E-state index in [0.29, 0.717) is 0 Å². The van der Waals surface area contributed by atoms with Crippen LogP contribution in [0.25, 0.3) is 22.1 Å². The van der Waals surface area contributed by atoms with E-state index in [1.165, 1.54) is 0 Å². The summed E-state index contributed by atoms with van der Waals surface area (Å²) in [5.74, 6) is 2.03. The number of benzene rings is 2. The first-order valence-corrected chi connectivity index (χ1v) is 7.11. The number of H-pyrrole nitrogens is 2. The Morgan fingerprint density at radius 3 is 1.95 bits per heavy atom. The maximum absolute atomic E-state index is 4.38. The fourth-order valence-corrected chi connectivity index (χ4v) is 2.25. The van der Waals surface area contributed by atoms with Crippen LogP contribution in [0, 0.1) is 6.92 Å². The molecule has 0 unspecified atom stereocenters. The average Bonchev–Trinajstić information content (AvgIpc) is 3.09. The normalized spacial score (nSPS) is 10.6. The Labute approximate surface area is 123 Å². The molecular weight excluding hydrogens is 260 g/mol. The Hall–Kier alpha value is -2.62. The van der Waals surface area contributed by atoms with Gasteiger partial charge in [0.15, 0.2) is 0 Å². The number of nitrogens with zero attached hydrogens (tertiary/aromatic N) is 2. The van der Waals surface area contributed by atoms with Gasteiger partial charge in [0, 0.05) is 6.42 Å². The number of aromatic nitrogens is 4. The van der Waals surface area contributed by atoms with Gasteiger partial charge in [0.2, 0.25) is 0 Å². The lowest BCUT2D eigenvalue weighted by Gasteiger charge is -1.82. The third-order valence-electron chi connectivity index (χ3n) is 3.28. The van der Waals surface area contributed by atoms with Crippen LogP contribution in [0.2, 0.25) is 0 Å². The largest absolute Gasteiger partial charge is 0.342 e. The van der Waals surface area contributed by atoms with E-state index in [2.05, 4.69) is 26.9 Å². The van der Waals surface area contributed by atoms with Crippen molar-refractivity contribution in [1.82, 2.24) is 19.9 Å². The minimum Gasteiger partial charge on any atom is -0.342 e. The van der Waals surface area contributed by atoms with Crippen molar-refractivity contribution in [2.45, 2.75) is 20.3 Å². The molecule has 4 aromatic rings. The molecule has 4 nitrogen and oxygen atoms in total. The highest BCUT2D eigenvalue weighted by molar-refractivity contribution is 5.75. The van der Waals surface area contributed by atoms with Crippen LogP contribution >= 0.6 is 0 Å². The minimum atomic E-state index is 0.967. The minimum absolute atomic E-state index is 0.967. The van der Waals surface area contributed by atoms with E-state index >= 15 is 0 Å². The monoisotopic (exact) mass is 278 g/mol. The number of hydrogen-bond donors (Lipinski definition) is 2. The van der Waals surface area contributed by atoms with E-state index in [0.717, 1.165) is 40.1 Å². The quantitative estimate of drug-likeness (QED) is 0.553. The van der Waals surface area contributed by atoms with Gasteiger partial charge >= 0.3 is 0 Å². The Bertz CT molecular complexity index is 791. The predicted molar refractivity (Wildman–Crippen MR) is 86.3 cm³/mol. The molecule has 4 rings (SSSR count). The molecule has 0 atom stereocenters. The molecule has 106 valence electrons. The van der Waals surface area contributed by atoms with E-state index in [9.17, 15) is 0 Å². The number of aromatic amines is 2. The molecule has 0 bridgehead atoms. The number of hydrogen-bond acceptors (Lipinski definition) is 2. The molecule has 0 radical (unpaired) electrons. The molecule has 2 heterocycles. The van der Waals surface area contributed by atoms with Gasteiger partial charge in [-0.15, -0.1) is 0 Å². The Balaban J connectivity index is 0.000000126. The molecule has 0 saturated heterocycles. The molecule has 4 heteroatoms. The molecule has 0 aliphatic heterocycles. The van der Waals surface area contributed by atoms with Gasteiger partial charge in [-0.3, -0.25) is 0 Å². The summed E-state index contributed by atoms with van der Waals surface area (Å²) in [7, 11) is 0. The summed E-state index contributed by atoms with van der Waals surface area (Å²) in [6, 6.07) is 16.1. The van der Waals surface area contributed by atoms with Crippen LogP contribution in [0.5, 0.6) is 0 Å². The molecule has 2 aromatic carbocycles. The molecule has 21 heavy (non-hydrogen) atoms. The summed E-state index contributed by atoms with van der Waals surface area (Å²) < 4.78 is 0. The van der Waals surface area contributed by atoms with Gasteiger partial charge in [-0.1, -0.05) is 31.2 Å². The fraction of sp³-hybridized carbons (Fsp3) is 0.176. The van der Waals surface area contributed by atoms with Crippen LogP contribution in [0.15, 0.2) is 48.5 Å². The zero-order valence-corrected chi connectivity index (χ0v) is 12.2. The zero-order chi connectivity index (χ0) is 14.7. The lowest BCUT2D eigenvalue weighted by Crippen LogP contribution is -1.79. The summed E-state index contributed by atoms with van der Waals surface area (Å²) in [5, 5.41) is 0. The number of fused-ring (bicyclic) bond motifs is 2. The molecule has 2 N–H and O–H groups in total. The van der Waals surface area contributed by atoms with E-state index in [-0.39, 0.29) is 0 Å². The maximum Gasteiger partial charge on any atom is 0.106 e. The highest BCUT2D eigenvalue weighted by Gasteiger charge is 1.97. The SMILES string of the molecule is CCc1nc2ccccc2[nH]1.Cc1nc2ccccc2[nH]1. The molecule has 0 amide bonds. The van der Waals surface area contributed by atoms with Gasteiger partial charge in [0.1, 0.15) is 11.6 Å². The lowest BCUT2D eigenvalue weighted by molar-refractivity contribution is 1.00.